The number of amides is 1. The summed E-state index contributed by atoms with van der Waals surface area (Å²) in [6, 6.07) is 13.8. The van der Waals surface area contributed by atoms with Crippen LogP contribution in [-0.4, -0.2) is 35.0 Å². The van der Waals surface area contributed by atoms with Crippen LogP contribution in [0.3, 0.4) is 0 Å². The van der Waals surface area contributed by atoms with E-state index < -0.39 is 29.6 Å². The van der Waals surface area contributed by atoms with Crippen molar-refractivity contribution >= 4 is 56.2 Å². The molecule has 1 amide bonds. The summed E-state index contributed by atoms with van der Waals surface area (Å²) in [6.07, 6.45) is 1.26. The summed E-state index contributed by atoms with van der Waals surface area (Å²) >= 11 is 9.84. The molecule has 0 spiro atoms. The molecule has 37 heavy (non-hydrogen) atoms. The number of rotatable bonds is 8. The molecule has 0 atom stereocenters. The second-order valence-corrected chi connectivity index (χ2v) is 8.68. The minimum absolute atomic E-state index is 0.0129. The van der Waals surface area contributed by atoms with Crippen molar-refractivity contribution in [1.82, 2.24) is 9.66 Å². The predicted octanol–water partition coefficient (Wildman–Crippen LogP) is 4.54. The number of carbonyl (C=O) groups excluding carboxylic acids is 1. The van der Waals surface area contributed by atoms with Gasteiger partial charge in [-0.1, -0.05) is 35.9 Å². The SMILES string of the molecule is CCOc1cc(C=Nn2c(=O)[nH]c3ccccc3c2=O)c(Br)c(Cl)c1OCC(=O)Nc1ccccc1F. The molecular weight excluding hydrogens is 571 g/mol. The van der Waals surface area contributed by atoms with Gasteiger partial charge in [0.25, 0.3) is 11.5 Å². The number of ether oxygens (including phenoxy) is 2. The van der Waals surface area contributed by atoms with E-state index in [2.05, 4.69) is 31.3 Å². The number of para-hydroxylation sites is 2. The molecule has 0 bridgehead atoms. The van der Waals surface area contributed by atoms with Gasteiger partial charge in [-0.05, 0) is 53.2 Å². The van der Waals surface area contributed by atoms with E-state index in [-0.39, 0.29) is 28.8 Å². The van der Waals surface area contributed by atoms with E-state index in [1.165, 1.54) is 30.5 Å². The Morgan fingerprint density at radius 3 is 2.68 bits per heavy atom. The Kier molecular flexibility index (Phi) is 8.04. The normalized spacial score (nSPS) is 11.1. The molecule has 0 saturated carbocycles. The Hall–Kier alpha value is -3.96. The first-order chi connectivity index (χ1) is 17.8. The van der Waals surface area contributed by atoms with E-state index >= 15 is 0 Å². The number of hydrogen-bond donors (Lipinski definition) is 2. The minimum Gasteiger partial charge on any atom is -0.490 e. The van der Waals surface area contributed by atoms with Crippen LogP contribution >= 0.6 is 27.5 Å². The molecule has 4 rings (SSSR count). The fraction of sp³-hybridized carbons (Fsp3) is 0.120. The van der Waals surface area contributed by atoms with Gasteiger partial charge in [-0.25, -0.2) is 9.18 Å². The number of aromatic amines is 1. The van der Waals surface area contributed by atoms with Gasteiger partial charge in [-0.15, -0.1) is 4.68 Å². The number of anilines is 1. The van der Waals surface area contributed by atoms with Crippen molar-refractivity contribution in [3.8, 4) is 11.5 Å². The molecule has 1 aromatic heterocycles. The molecule has 9 nitrogen and oxygen atoms in total. The molecule has 0 aliphatic heterocycles. The number of benzene rings is 3. The standard InChI is InChI=1S/C25H19BrClFN4O5/c1-2-36-19-11-14(12-29-32-24(34)15-7-3-5-9-17(15)31-25(32)35)21(26)22(27)23(19)37-13-20(33)30-18-10-6-4-8-16(18)28/h3-12H,2,13H2,1H3,(H,30,33)(H,31,35). The molecule has 0 radical (unpaired) electrons. The lowest BCUT2D eigenvalue weighted by atomic mass is 10.2. The van der Waals surface area contributed by atoms with Gasteiger partial charge < -0.3 is 19.8 Å². The Morgan fingerprint density at radius 1 is 1.19 bits per heavy atom. The topological polar surface area (TPSA) is 115 Å². The molecule has 12 heteroatoms. The van der Waals surface area contributed by atoms with Crippen LogP contribution < -0.4 is 26.0 Å². The van der Waals surface area contributed by atoms with E-state index in [9.17, 15) is 18.8 Å². The smallest absolute Gasteiger partial charge is 0.349 e. The van der Waals surface area contributed by atoms with Crippen molar-refractivity contribution < 1.29 is 18.7 Å². The lowest BCUT2D eigenvalue weighted by Crippen LogP contribution is -2.32. The summed E-state index contributed by atoms with van der Waals surface area (Å²) < 4.78 is 26.0. The molecule has 1 heterocycles. The summed E-state index contributed by atoms with van der Waals surface area (Å²) in [4.78, 5) is 40.0. The van der Waals surface area contributed by atoms with Crippen LogP contribution in [0.5, 0.6) is 11.5 Å². The molecule has 0 aliphatic rings. The molecular formula is C25H19BrClFN4O5. The fourth-order valence-electron chi connectivity index (χ4n) is 3.36. The third kappa shape index (κ3) is 5.73. The molecule has 0 unspecified atom stereocenters. The zero-order valence-corrected chi connectivity index (χ0v) is 21.6. The van der Waals surface area contributed by atoms with Crippen molar-refractivity contribution in [3.63, 3.8) is 0 Å². The number of hydrogen-bond acceptors (Lipinski definition) is 6. The monoisotopic (exact) mass is 588 g/mol. The third-order valence-electron chi connectivity index (χ3n) is 5.05. The van der Waals surface area contributed by atoms with Gasteiger partial charge in [0.05, 0.1) is 29.4 Å². The molecule has 190 valence electrons. The lowest BCUT2D eigenvalue weighted by molar-refractivity contribution is -0.118. The zero-order valence-electron chi connectivity index (χ0n) is 19.3. The number of carbonyl (C=O) groups is 1. The van der Waals surface area contributed by atoms with Crippen LogP contribution in [0.2, 0.25) is 5.02 Å². The molecule has 2 N–H and O–H groups in total. The minimum atomic E-state index is -0.715. The van der Waals surface area contributed by atoms with Crippen molar-refractivity contribution in [2.75, 3.05) is 18.5 Å². The summed E-state index contributed by atoms with van der Waals surface area (Å²) in [5, 5.41) is 6.81. The van der Waals surface area contributed by atoms with Crippen LogP contribution in [0.15, 0.2) is 73.8 Å². The van der Waals surface area contributed by atoms with Crippen LogP contribution in [0.25, 0.3) is 10.9 Å². The number of aromatic nitrogens is 2. The summed E-state index contributed by atoms with van der Waals surface area (Å²) in [7, 11) is 0. The largest absolute Gasteiger partial charge is 0.490 e. The Balaban J connectivity index is 1.62. The number of halogens is 3. The first-order valence-corrected chi connectivity index (χ1v) is 12.1. The molecule has 3 aromatic carbocycles. The van der Waals surface area contributed by atoms with E-state index in [0.717, 1.165) is 0 Å². The van der Waals surface area contributed by atoms with Crippen molar-refractivity contribution in [2.24, 2.45) is 5.10 Å². The maximum Gasteiger partial charge on any atom is 0.349 e. The Labute approximate surface area is 222 Å². The van der Waals surface area contributed by atoms with Crippen molar-refractivity contribution in [2.45, 2.75) is 6.92 Å². The second kappa shape index (κ2) is 11.4. The summed E-state index contributed by atoms with van der Waals surface area (Å²) in [5.41, 5.74) is -0.529. The molecule has 0 aliphatic carbocycles. The summed E-state index contributed by atoms with van der Waals surface area (Å²) in [5.74, 6) is -0.938. The highest BCUT2D eigenvalue weighted by atomic mass is 79.9. The highest BCUT2D eigenvalue weighted by Crippen LogP contribution is 2.42. The highest BCUT2D eigenvalue weighted by molar-refractivity contribution is 9.10. The van der Waals surface area contributed by atoms with Gasteiger partial charge in [-0.3, -0.25) is 9.59 Å². The molecule has 0 saturated heterocycles. The van der Waals surface area contributed by atoms with E-state index in [1.54, 1.807) is 37.3 Å². The molecule has 4 aromatic rings. The number of fused-ring (bicyclic) bond motifs is 1. The van der Waals surface area contributed by atoms with Crippen LogP contribution in [0.4, 0.5) is 10.1 Å². The van der Waals surface area contributed by atoms with E-state index in [4.69, 9.17) is 21.1 Å². The highest BCUT2D eigenvalue weighted by Gasteiger charge is 2.19. The first kappa shape index (κ1) is 26.1. The van der Waals surface area contributed by atoms with E-state index in [0.29, 0.717) is 25.6 Å². The Morgan fingerprint density at radius 2 is 1.92 bits per heavy atom. The summed E-state index contributed by atoms with van der Waals surface area (Å²) in [6.45, 7) is 1.51. The van der Waals surface area contributed by atoms with Gasteiger partial charge in [-0.2, -0.15) is 5.10 Å². The van der Waals surface area contributed by atoms with Gasteiger partial charge in [0.2, 0.25) is 0 Å². The number of nitrogens with one attached hydrogen (secondary N) is 2. The zero-order chi connectivity index (χ0) is 26.5. The maximum atomic E-state index is 13.8. The van der Waals surface area contributed by atoms with Crippen LogP contribution in [0.1, 0.15) is 12.5 Å². The molecule has 0 fully saturated rings. The fourth-order valence-corrected chi connectivity index (χ4v) is 4.01. The van der Waals surface area contributed by atoms with E-state index in [1.807, 2.05) is 0 Å². The first-order valence-electron chi connectivity index (χ1n) is 10.9. The van der Waals surface area contributed by atoms with Gasteiger partial charge in [0.15, 0.2) is 18.1 Å². The second-order valence-electron chi connectivity index (χ2n) is 7.51. The third-order valence-corrected chi connectivity index (χ3v) is 6.49. The maximum absolute atomic E-state index is 13.8. The number of H-pyrrole nitrogens is 1. The van der Waals surface area contributed by atoms with Gasteiger partial charge in [0.1, 0.15) is 10.8 Å². The van der Waals surface area contributed by atoms with Crippen LogP contribution in [0, 0.1) is 5.82 Å². The average molecular weight is 590 g/mol. The van der Waals surface area contributed by atoms with Crippen molar-refractivity contribution in [3.05, 3.63) is 96.3 Å². The predicted molar refractivity (Wildman–Crippen MR) is 143 cm³/mol. The number of nitrogens with zero attached hydrogens (tertiary/aromatic N) is 2. The van der Waals surface area contributed by atoms with Crippen LogP contribution in [-0.2, 0) is 4.79 Å². The quantitative estimate of drug-likeness (QED) is 0.293. The lowest BCUT2D eigenvalue weighted by Gasteiger charge is -2.16. The Bertz CT molecular complexity index is 1640. The average Bonchev–Trinajstić information content (AvgIpc) is 2.88. The van der Waals surface area contributed by atoms with Gasteiger partial charge >= 0.3 is 5.69 Å². The van der Waals surface area contributed by atoms with Gasteiger partial charge in [0, 0.05) is 10.0 Å². The van der Waals surface area contributed by atoms with Crippen molar-refractivity contribution in [1.29, 1.82) is 0 Å².